The SMILES string of the molecule is Cc1ccc(Nc2ccc(NC(=O)NC(C)C)nc2)c(C)c1. The topological polar surface area (TPSA) is 66.0 Å². The number of rotatable bonds is 4. The highest BCUT2D eigenvalue weighted by molar-refractivity contribution is 5.88. The Morgan fingerprint density at radius 2 is 1.91 bits per heavy atom. The van der Waals surface area contributed by atoms with Crippen LogP contribution in [0.5, 0.6) is 0 Å². The summed E-state index contributed by atoms with van der Waals surface area (Å²) in [5, 5.41) is 8.77. The van der Waals surface area contributed by atoms with Crippen LogP contribution in [0.15, 0.2) is 36.5 Å². The van der Waals surface area contributed by atoms with Gasteiger partial charge in [0, 0.05) is 11.7 Å². The third-order valence-corrected chi connectivity index (χ3v) is 3.09. The summed E-state index contributed by atoms with van der Waals surface area (Å²) < 4.78 is 0. The number of carbonyl (C=O) groups excluding carboxylic acids is 1. The number of aryl methyl sites for hydroxylation is 2. The molecule has 0 saturated heterocycles. The maximum absolute atomic E-state index is 11.6. The summed E-state index contributed by atoms with van der Waals surface area (Å²) in [6.07, 6.45) is 1.70. The molecule has 3 N–H and O–H groups in total. The summed E-state index contributed by atoms with van der Waals surface area (Å²) in [6, 6.07) is 9.73. The van der Waals surface area contributed by atoms with Crippen molar-refractivity contribution in [1.82, 2.24) is 10.3 Å². The summed E-state index contributed by atoms with van der Waals surface area (Å²) in [6.45, 7) is 7.95. The minimum Gasteiger partial charge on any atom is -0.354 e. The van der Waals surface area contributed by atoms with E-state index in [2.05, 4.69) is 46.9 Å². The van der Waals surface area contributed by atoms with Crippen molar-refractivity contribution in [2.24, 2.45) is 0 Å². The van der Waals surface area contributed by atoms with Crippen molar-refractivity contribution >= 4 is 23.2 Å². The molecule has 0 spiro atoms. The Balaban J connectivity index is 2.01. The van der Waals surface area contributed by atoms with Crippen LogP contribution in [0.25, 0.3) is 0 Å². The molecular formula is C17H22N4O. The summed E-state index contributed by atoms with van der Waals surface area (Å²) in [5.41, 5.74) is 4.34. The van der Waals surface area contributed by atoms with E-state index in [-0.39, 0.29) is 12.1 Å². The first-order valence-electron chi connectivity index (χ1n) is 7.32. The van der Waals surface area contributed by atoms with Gasteiger partial charge in [-0.1, -0.05) is 17.7 Å². The van der Waals surface area contributed by atoms with Crippen molar-refractivity contribution in [3.8, 4) is 0 Å². The molecule has 0 aliphatic carbocycles. The van der Waals surface area contributed by atoms with Crippen molar-refractivity contribution in [2.45, 2.75) is 33.7 Å². The number of hydrogen-bond acceptors (Lipinski definition) is 3. The van der Waals surface area contributed by atoms with Gasteiger partial charge in [0.1, 0.15) is 5.82 Å². The lowest BCUT2D eigenvalue weighted by Gasteiger charge is -2.12. The van der Waals surface area contributed by atoms with E-state index in [1.807, 2.05) is 26.0 Å². The number of nitrogens with one attached hydrogen (secondary N) is 3. The first-order valence-corrected chi connectivity index (χ1v) is 7.32. The smallest absolute Gasteiger partial charge is 0.320 e. The Morgan fingerprint density at radius 1 is 1.14 bits per heavy atom. The van der Waals surface area contributed by atoms with Crippen LogP contribution in [0.1, 0.15) is 25.0 Å². The van der Waals surface area contributed by atoms with Crippen molar-refractivity contribution in [2.75, 3.05) is 10.6 Å². The van der Waals surface area contributed by atoms with E-state index in [0.29, 0.717) is 5.82 Å². The van der Waals surface area contributed by atoms with Gasteiger partial charge in [-0.3, -0.25) is 5.32 Å². The fraction of sp³-hybridized carbons (Fsp3) is 0.294. The number of carbonyl (C=O) groups is 1. The zero-order chi connectivity index (χ0) is 16.1. The van der Waals surface area contributed by atoms with Crippen LogP contribution < -0.4 is 16.0 Å². The zero-order valence-electron chi connectivity index (χ0n) is 13.4. The Morgan fingerprint density at radius 3 is 2.50 bits per heavy atom. The van der Waals surface area contributed by atoms with Crippen molar-refractivity contribution < 1.29 is 4.79 Å². The molecular weight excluding hydrogens is 276 g/mol. The van der Waals surface area contributed by atoms with Crippen LogP contribution >= 0.6 is 0 Å². The van der Waals surface area contributed by atoms with Gasteiger partial charge in [0.2, 0.25) is 0 Å². The van der Waals surface area contributed by atoms with Gasteiger partial charge in [-0.25, -0.2) is 9.78 Å². The molecule has 0 unspecified atom stereocenters. The van der Waals surface area contributed by atoms with E-state index in [4.69, 9.17) is 0 Å². The second-order valence-electron chi connectivity index (χ2n) is 5.63. The van der Waals surface area contributed by atoms with Gasteiger partial charge in [0.05, 0.1) is 11.9 Å². The molecule has 1 aromatic heterocycles. The number of aromatic nitrogens is 1. The van der Waals surface area contributed by atoms with Crippen molar-refractivity contribution in [3.63, 3.8) is 0 Å². The Kier molecular flexibility index (Phi) is 4.99. The number of pyridine rings is 1. The highest BCUT2D eigenvalue weighted by atomic mass is 16.2. The molecule has 0 fully saturated rings. The number of amides is 2. The highest BCUT2D eigenvalue weighted by Crippen LogP contribution is 2.21. The van der Waals surface area contributed by atoms with E-state index >= 15 is 0 Å². The van der Waals surface area contributed by atoms with Gasteiger partial charge in [0.25, 0.3) is 0 Å². The largest absolute Gasteiger partial charge is 0.354 e. The second-order valence-corrected chi connectivity index (χ2v) is 5.63. The first-order chi connectivity index (χ1) is 10.4. The standard InChI is InChI=1S/C17H22N4O/c1-11(2)19-17(22)21-16-8-6-14(10-18-16)20-15-7-5-12(3)9-13(15)4/h5-11,20H,1-4H3,(H2,18,19,21,22). The van der Waals surface area contributed by atoms with E-state index in [1.54, 1.807) is 12.3 Å². The summed E-state index contributed by atoms with van der Waals surface area (Å²) >= 11 is 0. The van der Waals surface area contributed by atoms with Gasteiger partial charge < -0.3 is 10.6 Å². The average Bonchev–Trinajstić information content (AvgIpc) is 2.43. The molecule has 1 aromatic carbocycles. The van der Waals surface area contributed by atoms with Crippen molar-refractivity contribution in [3.05, 3.63) is 47.7 Å². The maximum Gasteiger partial charge on any atom is 0.320 e. The Hall–Kier alpha value is -2.56. The summed E-state index contributed by atoms with van der Waals surface area (Å²) in [5.74, 6) is 0.518. The van der Waals surface area contributed by atoms with Crippen LogP contribution in [-0.2, 0) is 0 Å². The molecule has 0 aliphatic heterocycles. The van der Waals surface area contributed by atoms with E-state index < -0.39 is 0 Å². The van der Waals surface area contributed by atoms with E-state index in [1.165, 1.54) is 11.1 Å². The minimum atomic E-state index is -0.252. The number of urea groups is 1. The second kappa shape index (κ2) is 6.93. The molecule has 1 heterocycles. The first kappa shape index (κ1) is 15.8. The molecule has 5 heteroatoms. The van der Waals surface area contributed by atoms with Crippen LogP contribution in [0.2, 0.25) is 0 Å². The fourth-order valence-electron chi connectivity index (χ4n) is 2.07. The third-order valence-electron chi connectivity index (χ3n) is 3.09. The van der Waals surface area contributed by atoms with E-state index in [9.17, 15) is 4.79 Å². The molecule has 2 rings (SSSR count). The van der Waals surface area contributed by atoms with E-state index in [0.717, 1.165) is 11.4 Å². The summed E-state index contributed by atoms with van der Waals surface area (Å²) in [4.78, 5) is 15.8. The summed E-state index contributed by atoms with van der Waals surface area (Å²) in [7, 11) is 0. The average molecular weight is 298 g/mol. The maximum atomic E-state index is 11.6. The lowest BCUT2D eigenvalue weighted by atomic mass is 10.1. The molecule has 22 heavy (non-hydrogen) atoms. The number of nitrogens with zero attached hydrogens (tertiary/aromatic N) is 1. The predicted molar refractivity (Wildman–Crippen MR) is 90.7 cm³/mol. The van der Waals surface area contributed by atoms with Gasteiger partial charge in [0.15, 0.2) is 0 Å². The highest BCUT2D eigenvalue weighted by Gasteiger charge is 2.05. The molecule has 0 bridgehead atoms. The zero-order valence-corrected chi connectivity index (χ0v) is 13.4. The number of anilines is 3. The van der Waals surface area contributed by atoms with Crippen LogP contribution in [-0.4, -0.2) is 17.1 Å². The number of hydrogen-bond donors (Lipinski definition) is 3. The van der Waals surface area contributed by atoms with Crippen LogP contribution in [0, 0.1) is 13.8 Å². The lowest BCUT2D eigenvalue weighted by molar-refractivity contribution is 0.250. The predicted octanol–water partition coefficient (Wildman–Crippen LogP) is 3.97. The Labute approximate surface area is 131 Å². The fourth-order valence-corrected chi connectivity index (χ4v) is 2.07. The molecule has 2 amide bonds. The monoisotopic (exact) mass is 298 g/mol. The van der Waals surface area contributed by atoms with Gasteiger partial charge in [-0.15, -0.1) is 0 Å². The molecule has 0 radical (unpaired) electrons. The quantitative estimate of drug-likeness (QED) is 0.800. The molecule has 0 aliphatic rings. The van der Waals surface area contributed by atoms with Crippen LogP contribution in [0.4, 0.5) is 22.0 Å². The normalized spacial score (nSPS) is 10.4. The minimum absolute atomic E-state index is 0.0884. The molecule has 5 nitrogen and oxygen atoms in total. The molecule has 2 aromatic rings. The van der Waals surface area contributed by atoms with Gasteiger partial charge in [-0.2, -0.15) is 0 Å². The molecule has 116 valence electrons. The van der Waals surface area contributed by atoms with Crippen molar-refractivity contribution in [1.29, 1.82) is 0 Å². The number of benzene rings is 1. The Bertz CT molecular complexity index is 650. The molecule has 0 atom stereocenters. The van der Waals surface area contributed by atoms with Gasteiger partial charge >= 0.3 is 6.03 Å². The van der Waals surface area contributed by atoms with Gasteiger partial charge in [-0.05, 0) is 51.5 Å². The third kappa shape index (κ3) is 4.48. The molecule has 0 saturated carbocycles. The lowest BCUT2D eigenvalue weighted by Crippen LogP contribution is -2.34. The van der Waals surface area contributed by atoms with Crippen LogP contribution in [0.3, 0.4) is 0 Å².